The van der Waals surface area contributed by atoms with Gasteiger partial charge in [-0.15, -0.1) is 0 Å². The van der Waals surface area contributed by atoms with Crippen molar-refractivity contribution in [1.29, 1.82) is 0 Å². The molecule has 0 spiro atoms. The first-order valence-corrected chi connectivity index (χ1v) is 13.0. The number of hydrogen-bond donors (Lipinski definition) is 0. The van der Waals surface area contributed by atoms with Crippen molar-refractivity contribution >= 4 is 33.2 Å². The molecule has 2 saturated carbocycles. The highest BCUT2D eigenvalue weighted by Gasteiger charge is 2.70. The van der Waals surface area contributed by atoms with E-state index in [4.69, 9.17) is 11.6 Å². The van der Waals surface area contributed by atoms with Crippen LogP contribution < -0.4 is 4.90 Å². The molecule has 33 heavy (non-hydrogen) atoms. The van der Waals surface area contributed by atoms with Crippen LogP contribution in [0.5, 0.6) is 0 Å². The molecule has 3 fully saturated rings. The van der Waals surface area contributed by atoms with Gasteiger partial charge in [0.15, 0.2) is 0 Å². The standard InChI is InChI=1S/C22H29ClF3N3O3S/c1-14-12-28(9-10-29(14)17-6-5-15(18(23)27-17)22(24,25)26)33(31,32)13-21-8-7-20(4,11-16(21)30)19(21,2)3/h5-6,14H,7-13H2,1-4H3/t14-,20+,21+/m0/s1. The minimum Gasteiger partial charge on any atom is -0.351 e. The normalized spacial score (nSPS) is 32.5. The maximum Gasteiger partial charge on any atom is 0.419 e. The molecule has 11 heteroatoms. The van der Waals surface area contributed by atoms with Gasteiger partial charge in [0.1, 0.15) is 16.8 Å². The van der Waals surface area contributed by atoms with Gasteiger partial charge in [-0.1, -0.05) is 32.4 Å². The number of ketones is 1. The molecule has 2 bridgehead atoms. The van der Waals surface area contributed by atoms with Crippen molar-refractivity contribution in [2.24, 2.45) is 16.2 Å². The van der Waals surface area contributed by atoms with Crippen molar-refractivity contribution in [3.8, 4) is 0 Å². The van der Waals surface area contributed by atoms with E-state index in [0.717, 1.165) is 12.5 Å². The number of carbonyl (C=O) groups excluding carboxylic acids is 1. The summed E-state index contributed by atoms with van der Waals surface area (Å²) in [6, 6.07) is 1.82. The van der Waals surface area contributed by atoms with Crippen molar-refractivity contribution < 1.29 is 26.4 Å². The molecule has 0 radical (unpaired) electrons. The monoisotopic (exact) mass is 507 g/mol. The summed E-state index contributed by atoms with van der Waals surface area (Å²) in [4.78, 5) is 18.6. The number of aromatic nitrogens is 1. The van der Waals surface area contributed by atoms with Gasteiger partial charge in [0.05, 0.1) is 11.3 Å². The van der Waals surface area contributed by atoms with E-state index in [1.807, 2.05) is 13.8 Å². The molecular formula is C22H29ClF3N3O3S. The number of piperazine rings is 1. The minimum atomic E-state index is -4.60. The fourth-order valence-electron chi connectivity index (χ4n) is 6.06. The quantitative estimate of drug-likeness (QED) is 0.566. The maximum absolute atomic E-state index is 13.5. The van der Waals surface area contributed by atoms with E-state index in [1.165, 1.54) is 10.4 Å². The summed E-state index contributed by atoms with van der Waals surface area (Å²) < 4.78 is 67.3. The predicted octanol–water partition coefficient (Wildman–Crippen LogP) is 4.38. The molecule has 2 heterocycles. The third kappa shape index (κ3) is 3.67. The zero-order valence-corrected chi connectivity index (χ0v) is 20.7. The van der Waals surface area contributed by atoms with Crippen LogP contribution in [0.15, 0.2) is 12.1 Å². The van der Waals surface area contributed by atoms with E-state index in [1.54, 1.807) is 11.8 Å². The number of Topliss-reactive ketones (excluding diaryl/α,β-unsaturated/α-hetero) is 1. The van der Waals surface area contributed by atoms with Crippen LogP contribution >= 0.6 is 11.6 Å². The number of carbonyl (C=O) groups is 1. The summed E-state index contributed by atoms with van der Waals surface area (Å²) in [7, 11) is -3.72. The first-order valence-electron chi connectivity index (χ1n) is 11.1. The Morgan fingerprint density at radius 1 is 1.18 bits per heavy atom. The predicted molar refractivity (Wildman–Crippen MR) is 120 cm³/mol. The van der Waals surface area contributed by atoms with Crippen LogP contribution in [0.2, 0.25) is 5.15 Å². The Morgan fingerprint density at radius 2 is 1.85 bits per heavy atom. The van der Waals surface area contributed by atoms with Gasteiger partial charge in [-0.2, -0.15) is 17.5 Å². The van der Waals surface area contributed by atoms with Gasteiger partial charge >= 0.3 is 6.18 Å². The molecule has 4 rings (SSSR count). The van der Waals surface area contributed by atoms with Crippen molar-refractivity contribution in [3.05, 3.63) is 22.8 Å². The second-order valence-electron chi connectivity index (χ2n) is 10.5. The lowest BCUT2D eigenvalue weighted by molar-refractivity contribution is -0.137. The number of halogens is 4. The highest BCUT2D eigenvalue weighted by atomic mass is 35.5. The van der Waals surface area contributed by atoms with Crippen LogP contribution in [0.4, 0.5) is 19.0 Å². The number of fused-ring (bicyclic) bond motifs is 2. The molecule has 1 saturated heterocycles. The molecule has 3 aliphatic rings. The second kappa shape index (κ2) is 7.55. The summed E-state index contributed by atoms with van der Waals surface area (Å²) >= 11 is 5.77. The number of sulfonamides is 1. The molecule has 6 nitrogen and oxygen atoms in total. The fourth-order valence-corrected chi connectivity index (χ4v) is 8.59. The van der Waals surface area contributed by atoms with Crippen LogP contribution in [0.25, 0.3) is 0 Å². The number of rotatable bonds is 4. The zero-order valence-electron chi connectivity index (χ0n) is 19.2. The number of anilines is 1. The van der Waals surface area contributed by atoms with E-state index in [9.17, 15) is 26.4 Å². The van der Waals surface area contributed by atoms with Crippen molar-refractivity contribution in [1.82, 2.24) is 9.29 Å². The van der Waals surface area contributed by atoms with Crippen LogP contribution in [0.1, 0.15) is 52.5 Å². The Kier molecular flexibility index (Phi) is 5.66. The fraction of sp³-hybridized carbons (Fsp3) is 0.727. The van der Waals surface area contributed by atoms with E-state index in [2.05, 4.69) is 11.9 Å². The maximum atomic E-state index is 13.5. The number of alkyl halides is 3. The first kappa shape index (κ1) is 24.7. The Balaban J connectivity index is 1.51. The van der Waals surface area contributed by atoms with Gasteiger partial charge in [0, 0.05) is 37.5 Å². The molecule has 0 N–H and O–H groups in total. The SMILES string of the molecule is C[C@H]1CN(S(=O)(=O)C[C@]23CC[C@](C)(CC2=O)C3(C)C)CCN1c1ccc(C(F)(F)F)c(Cl)n1. The first-order chi connectivity index (χ1) is 15.0. The lowest BCUT2D eigenvalue weighted by Gasteiger charge is -2.43. The van der Waals surface area contributed by atoms with E-state index >= 15 is 0 Å². The van der Waals surface area contributed by atoms with Gasteiger partial charge in [-0.3, -0.25) is 4.79 Å². The topological polar surface area (TPSA) is 70.6 Å². The van der Waals surface area contributed by atoms with Gasteiger partial charge in [-0.25, -0.2) is 13.4 Å². The smallest absolute Gasteiger partial charge is 0.351 e. The summed E-state index contributed by atoms with van der Waals surface area (Å²) in [5.74, 6) is 0.119. The van der Waals surface area contributed by atoms with Crippen molar-refractivity contribution in [2.45, 2.75) is 59.2 Å². The van der Waals surface area contributed by atoms with E-state index in [0.29, 0.717) is 12.8 Å². The molecule has 0 amide bonds. The van der Waals surface area contributed by atoms with E-state index < -0.39 is 37.7 Å². The average molecular weight is 508 g/mol. The number of hydrogen-bond acceptors (Lipinski definition) is 5. The zero-order chi connectivity index (χ0) is 24.6. The third-order valence-electron chi connectivity index (χ3n) is 8.74. The summed E-state index contributed by atoms with van der Waals surface area (Å²) in [5.41, 5.74) is -2.46. The minimum absolute atomic E-state index is 0.0418. The summed E-state index contributed by atoms with van der Waals surface area (Å²) in [6.45, 7) is 8.48. The van der Waals surface area contributed by atoms with Crippen LogP contribution in [0.3, 0.4) is 0 Å². The highest BCUT2D eigenvalue weighted by Crippen LogP contribution is 2.70. The van der Waals surface area contributed by atoms with Crippen LogP contribution in [-0.4, -0.2) is 54.9 Å². The molecule has 0 aromatic carbocycles. The lowest BCUT2D eigenvalue weighted by Crippen LogP contribution is -2.56. The Labute approximate surface area is 197 Å². The average Bonchev–Trinajstić information content (AvgIpc) is 2.95. The molecule has 1 aromatic heterocycles. The van der Waals surface area contributed by atoms with Crippen LogP contribution in [-0.2, 0) is 21.0 Å². The number of pyridine rings is 1. The molecule has 1 aromatic rings. The summed E-state index contributed by atoms with van der Waals surface area (Å²) in [6.07, 6.45) is -2.76. The Hall–Kier alpha value is -1.39. The van der Waals surface area contributed by atoms with Gasteiger partial charge in [-0.05, 0) is 42.7 Å². The van der Waals surface area contributed by atoms with Crippen molar-refractivity contribution in [2.75, 3.05) is 30.3 Å². The van der Waals surface area contributed by atoms with Gasteiger partial charge in [0.2, 0.25) is 10.0 Å². The molecular weight excluding hydrogens is 479 g/mol. The summed E-state index contributed by atoms with van der Waals surface area (Å²) in [5, 5.41) is -0.632. The molecule has 1 aliphatic heterocycles. The molecule has 184 valence electrons. The highest BCUT2D eigenvalue weighted by molar-refractivity contribution is 7.89. The third-order valence-corrected chi connectivity index (χ3v) is 11.0. The molecule has 2 aliphatic carbocycles. The van der Waals surface area contributed by atoms with Crippen LogP contribution in [0, 0.1) is 16.2 Å². The second-order valence-corrected chi connectivity index (χ2v) is 12.9. The lowest BCUT2D eigenvalue weighted by atomic mass is 9.66. The molecule has 3 atom stereocenters. The Morgan fingerprint density at radius 3 is 2.33 bits per heavy atom. The Bertz CT molecular complexity index is 1090. The van der Waals surface area contributed by atoms with Crippen molar-refractivity contribution in [3.63, 3.8) is 0 Å². The van der Waals surface area contributed by atoms with Gasteiger partial charge < -0.3 is 4.90 Å². The molecule has 0 unspecified atom stereocenters. The largest absolute Gasteiger partial charge is 0.419 e. The van der Waals surface area contributed by atoms with E-state index in [-0.39, 0.29) is 48.4 Å². The number of nitrogens with zero attached hydrogens (tertiary/aromatic N) is 3. The van der Waals surface area contributed by atoms with Gasteiger partial charge in [0.25, 0.3) is 0 Å².